The molecule has 1 fully saturated rings. The van der Waals surface area contributed by atoms with Gasteiger partial charge in [-0.2, -0.15) is 26.3 Å². The third-order valence-electron chi connectivity index (χ3n) is 4.08. The van der Waals surface area contributed by atoms with Crippen LogP contribution in [0.5, 0.6) is 0 Å². The average Bonchev–Trinajstić information content (AvgIpc) is 3.05. The standard InChI is InChI=1S/C13H6F6S2/c14-11(15)7-5-1-3-20-9(5)10-6(2-4-21-10)8(7)12(16,17)13(11,18)19/h1-4,9-10H/t9-,10-/m1/s1. The average molecular weight is 340 g/mol. The molecule has 112 valence electrons. The molecular formula is C13H6F6S2. The Hall–Kier alpha value is -0.760. The van der Waals surface area contributed by atoms with Crippen LogP contribution in [0.2, 0.25) is 0 Å². The SMILES string of the molecule is FC1(F)C2=C3C=CS[C@H]3[C@@H]3SC=CC3=C2C(F)(F)C1(F)F. The summed E-state index contributed by atoms with van der Waals surface area (Å²) in [6, 6.07) is 0. The summed E-state index contributed by atoms with van der Waals surface area (Å²) in [4.78, 5) is 0. The van der Waals surface area contributed by atoms with E-state index in [9.17, 15) is 26.3 Å². The van der Waals surface area contributed by atoms with Crippen LogP contribution < -0.4 is 0 Å². The summed E-state index contributed by atoms with van der Waals surface area (Å²) in [6.45, 7) is 0. The van der Waals surface area contributed by atoms with Gasteiger partial charge in [-0.15, -0.1) is 23.5 Å². The van der Waals surface area contributed by atoms with E-state index in [1.54, 1.807) is 0 Å². The fraction of sp³-hybridized carbons (Fsp3) is 0.385. The maximum atomic E-state index is 14.1. The van der Waals surface area contributed by atoms with E-state index in [2.05, 4.69) is 0 Å². The second-order valence-corrected chi connectivity index (χ2v) is 7.21. The quantitative estimate of drug-likeness (QED) is 0.583. The Bertz CT molecular complexity index is 614. The molecule has 4 aliphatic rings. The highest BCUT2D eigenvalue weighted by Gasteiger charge is 2.82. The number of thioether (sulfide) groups is 2. The van der Waals surface area contributed by atoms with Gasteiger partial charge in [0.15, 0.2) is 0 Å². The molecule has 0 aromatic heterocycles. The number of rotatable bonds is 0. The van der Waals surface area contributed by atoms with Gasteiger partial charge in [0.05, 0.1) is 10.5 Å². The number of halogens is 6. The van der Waals surface area contributed by atoms with Crippen LogP contribution in [0.1, 0.15) is 0 Å². The fourth-order valence-corrected chi connectivity index (χ4v) is 5.57. The van der Waals surface area contributed by atoms with Gasteiger partial charge in [0.2, 0.25) is 0 Å². The van der Waals surface area contributed by atoms with E-state index in [4.69, 9.17) is 0 Å². The van der Waals surface area contributed by atoms with Crippen molar-refractivity contribution in [3.05, 3.63) is 45.3 Å². The van der Waals surface area contributed by atoms with Gasteiger partial charge in [-0.25, -0.2) is 0 Å². The van der Waals surface area contributed by atoms with E-state index in [1.807, 2.05) is 0 Å². The first-order chi connectivity index (χ1) is 9.71. The number of allylic oxidation sites excluding steroid dienone is 4. The Morgan fingerprint density at radius 3 is 1.48 bits per heavy atom. The second kappa shape index (κ2) is 3.76. The normalized spacial score (nSPS) is 37.0. The Labute approximate surface area is 124 Å². The molecule has 0 spiro atoms. The summed E-state index contributed by atoms with van der Waals surface area (Å²) >= 11 is 2.39. The molecule has 2 atom stereocenters. The van der Waals surface area contributed by atoms with Gasteiger partial charge in [-0.05, 0) is 22.0 Å². The van der Waals surface area contributed by atoms with Gasteiger partial charge >= 0.3 is 17.8 Å². The van der Waals surface area contributed by atoms with Gasteiger partial charge < -0.3 is 0 Å². The first kappa shape index (κ1) is 13.9. The lowest BCUT2D eigenvalue weighted by atomic mass is 9.85. The van der Waals surface area contributed by atoms with E-state index >= 15 is 0 Å². The van der Waals surface area contributed by atoms with E-state index in [-0.39, 0.29) is 11.1 Å². The zero-order valence-corrected chi connectivity index (χ0v) is 11.7. The van der Waals surface area contributed by atoms with Crippen LogP contribution in [0.25, 0.3) is 0 Å². The summed E-state index contributed by atoms with van der Waals surface area (Å²) in [5.74, 6) is -15.1. The molecule has 0 amide bonds. The summed E-state index contributed by atoms with van der Waals surface area (Å²) in [5.41, 5.74) is -2.55. The molecule has 0 N–H and O–H groups in total. The highest BCUT2D eigenvalue weighted by Crippen LogP contribution is 2.67. The Morgan fingerprint density at radius 1 is 0.714 bits per heavy atom. The highest BCUT2D eigenvalue weighted by molar-refractivity contribution is 8.07. The highest BCUT2D eigenvalue weighted by atomic mass is 32.2. The van der Waals surface area contributed by atoms with E-state index in [1.165, 1.54) is 46.5 Å². The van der Waals surface area contributed by atoms with Crippen molar-refractivity contribution in [2.45, 2.75) is 28.3 Å². The van der Waals surface area contributed by atoms with Gasteiger partial charge in [0, 0.05) is 11.1 Å². The summed E-state index contributed by atoms with van der Waals surface area (Å²) in [7, 11) is 0. The lowest BCUT2D eigenvalue weighted by Crippen LogP contribution is -2.47. The molecule has 0 bridgehead atoms. The van der Waals surface area contributed by atoms with E-state index in [0.717, 1.165) is 0 Å². The van der Waals surface area contributed by atoms with Crippen molar-refractivity contribution in [3.8, 4) is 0 Å². The molecule has 2 aliphatic carbocycles. The molecule has 0 radical (unpaired) electrons. The monoisotopic (exact) mass is 340 g/mol. The molecule has 4 rings (SSSR count). The molecule has 0 aromatic carbocycles. The number of hydrogen-bond acceptors (Lipinski definition) is 2. The number of hydrogen-bond donors (Lipinski definition) is 0. The summed E-state index contributed by atoms with van der Waals surface area (Å²) in [5, 5.41) is 1.96. The lowest BCUT2D eigenvalue weighted by molar-refractivity contribution is -0.258. The summed E-state index contributed by atoms with van der Waals surface area (Å²) < 4.78 is 83.6. The van der Waals surface area contributed by atoms with Crippen molar-refractivity contribution in [2.75, 3.05) is 0 Å². The molecule has 0 unspecified atom stereocenters. The number of alkyl halides is 6. The van der Waals surface area contributed by atoms with Gasteiger partial charge in [-0.1, -0.05) is 12.2 Å². The predicted octanol–water partition coefficient (Wildman–Crippen LogP) is 4.77. The van der Waals surface area contributed by atoms with Crippen molar-refractivity contribution in [3.63, 3.8) is 0 Å². The van der Waals surface area contributed by atoms with Crippen molar-refractivity contribution >= 4 is 23.5 Å². The van der Waals surface area contributed by atoms with Crippen LogP contribution in [0.3, 0.4) is 0 Å². The van der Waals surface area contributed by atoms with Crippen LogP contribution >= 0.6 is 23.5 Å². The van der Waals surface area contributed by atoms with Crippen LogP contribution in [0, 0.1) is 0 Å². The minimum atomic E-state index is -5.41. The Balaban J connectivity index is 2.11. The van der Waals surface area contributed by atoms with Gasteiger partial charge in [0.1, 0.15) is 0 Å². The maximum absolute atomic E-state index is 14.1. The van der Waals surface area contributed by atoms with Crippen LogP contribution in [-0.2, 0) is 0 Å². The Morgan fingerprint density at radius 2 is 1.10 bits per heavy atom. The van der Waals surface area contributed by atoms with Crippen LogP contribution in [0.15, 0.2) is 45.3 Å². The van der Waals surface area contributed by atoms with Crippen molar-refractivity contribution in [1.82, 2.24) is 0 Å². The van der Waals surface area contributed by atoms with Crippen molar-refractivity contribution in [1.29, 1.82) is 0 Å². The molecule has 0 saturated heterocycles. The number of fused-ring (bicyclic) bond motifs is 4. The molecule has 2 aliphatic heterocycles. The first-order valence-electron chi connectivity index (χ1n) is 5.98. The van der Waals surface area contributed by atoms with Gasteiger partial charge in [-0.3, -0.25) is 0 Å². The zero-order valence-electron chi connectivity index (χ0n) is 10.0. The maximum Gasteiger partial charge on any atom is 0.380 e. The first-order valence-corrected chi connectivity index (χ1v) is 7.87. The van der Waals surface area contributed by atoms with Gasteiger partial charge in [0.25, 0.3) is 0 Å². The van der Waals surface area contributed by atoms with E-state index in [0.29, 0.717) is 0 Å². The molecule has 8 heteroatoms. The predicted molar refractivity (Wildman–Crippen MR) is 69.9 cm³/mol. The largest absolute Gasteiger partial charge is 0.380 e. The van der Waals surface area contributed by atoms with Crippen molar-refractivity contribution < 1.29 is 26.3 Å². The Kier molecular flexibility index (Phi) is 2.49. The fourth-order valence-electron chi connectivity index (χ4n) is 3.13. The van der Waals surface area contributed by atoms with Crippen molar-refractivity contribution in [2.24, 2.45) is 0 Å². The third-order valence-corrected chi connectivity index (χ3v) is 6.47. The van der Waals surface area contributed by atoms with E-state index < -0.39 is 39.4 Å². The molecule has 1 saturated carbocycles. The smallest absolute Gasteiger partial charge is 0.194 e. The van der Waals surface area contributed by atoms with Crippen LogP contribution in [0.4, 0.5) is 26.3 Å². The molecule has 2 heterocycles. The minimum Gasteiger partial charge on any atom is -0.194 e. The molecule has 21 heavy (non-hydrogen) atoms. The molecular weight excluding hydrogens is 334 g/mol. The zero-order chi connectivity index (χ0) is 15.2. The third kappa shape index (κ3) is 1.34. The lowest BCUT2D eigenvalue weighted by Gasteiger charge is -2.30. The molecule has 0 nitrogen and oxygen atoms in total. The second-order valence-electron chi connectivity index (χ2n) is 5.10. The van der Waals surface area contributed by atoms with Crippen LogP contribution in [-0.4, -0.2) is 28.3 Å². The minimum absolute atomic E-state index is 0.0956. The topological polar surface area (TPSA) is 0 Å². The summed E-state index contributed by atoms with van der Waals surface area (Å²) in [6.07, 6.45) is 2.51. The molecule has 0 aromatic rings.